The Morgan fingerprint density at radius 3 is 3.04 bits per heavy atom. The lowest BCUT2D eigenvalue weighted by molar-refractivity contribution is 0.0501. The normalized spacial score (nSPS) is 16.6. The van der Waals surface area contributed by atoms with Crippen LogP contribution in [0, 0.1) is 11.3 Å². The molecule has 0 bridgehead atoms. The van der Waals surface area contributed by atoms with E-state index in [0.29, 0.717) is 24.4 Å². The van der Waals surface area contributed by atoms with Gasteiger partial charge in [0, 0.05) is 24.3 Å². The summed E-state index contributed by atoms with van der Waals surface area (Å²) < 4.78 is 16.9. The van der Waals surface area contributed by atoms with Crippen molar-refractivity contribution >= 4 is 16.9 Å². The predicted octanol–water partition coefficient (Wildman–Crippen LogP) is 2.79. The number of fused-ring (bicyclic) bond motifs is 1. The number of hydrogen-bond donors (Lipinski definition) is 0. The lowest BCUT2D eigenvalue weighted by Gasteiger charge is -2.32. The third-order valence-electron chi connectivity index (χ3n) is 4.65. The molecule has 8 heteroatoms. The molecule has 142 valence electrons. The molecule has 1 amide bonds. The Balaban J connectivity index is 1.51. The average molecular weight is 378 g/mol. The van der Waals surface area contributed by atoms with Gasteiger partial charge in [0.05, 0.1) is 13.7 Å². The first-order valence-electron chi connectivity index (χ1n) is 8.93. The molecule has 2 aromatic heterocycles. The highest BCUT2D eigenvalue weighted by atomic mass is 16.5. The first-order valence-corrected chi connectivity index (χ1v) is 8.93. The van der Waals surface area contributed by atoms with E-state index in [1.807, 2.05) is 18.2 Å². The number of benzene rings is 1. The Bertz CT molecular complexity index is 1060. The minimum atomic E-state index is -0.264. The van der Waals surface area contributed by atoms with Gasteiger partial charge in [-0.05, 0) is 25.0 Å². The van der Waals surface area contributed by atoms with E-state index in [4.69, 9.17) is 19.2 Å². The Kier molecular flexibility index (Phi) is 4.81. The molecule has 0 saturated carbocycles. The molecular weight excluding hydrogens is 360 g/mol. The third kappa shape index (κ3) is 3.34. The molecule has 8 nitrogen and oxygen atoms in total. The van der Waals surface area contributed by atoms with Crippen molar-refractivity contribution in [1.82, 2.24) is 14.9 Å². The van der Waals surface area contributed by atoms with Gasteiger partial charge in [-0.25, -0.2) is 9.97 Å². The molecular formula is C20H18N4O4. The number of carbonyl (C=O) groups excluding carboxylic acids is 1. The SMILES string of the molecule is COc1cccc2cc(C(=O)N3CCCC(Oc4nccnc4C#N)C3)oc12. The van der Waals surface area contributed by atoms with Gasteiger partial charge >= 0.3 is 0 Å². The van der Waals surface area contributed by atoms with E-state index in [2.05, 4.69) is 9.97 Å². The Labute approximate surface area is 161 Å². The van der Waals surface area contributed by atoms with E-state index in [0.717, 1.165) is 18.2 Å². The van der Waals surface area contributed by atoms with Crippen LogP contribution < -0.4 is 9.47 Å². The number of nitriles is 1. The van der Waals surface area contributed by atoms with Crippen LogP contribution in [0.1, 0.15) is 29.1 Å². The standard InChI is InChI=1S/C20H18N4O4/c1-26-16-6-2-4-13-10-17(28-18(13)16)20(25)24-9-3-5-14(12-24)27-19-15(11-21)22-7-8-23-19/h2,4,6-8,10,14H,3,5,9,12H2,1H3. The minimum Gasteiger partial charge on any atom is -0.493 e. The molecule has 1 aliphatic heterocycles. The number of aromatic nitrogens is 2. The maximum absolute atomic E-state index is 12.9. The average Bonchev–Trinajstić information content (AvgIpc) is 3.18. The number of rotatable bonds is 4. The smallest absolute Gasteiger partial charge is 0.289 e. The third-order valence-corrected chi connectivity index (χ3v) is 4.65. The number of nitrogens with zero attached hydrogens (tertiary/aromatic N) is 4. The van der Waals surface area contributed by atoms with Crippen molar-refractivity contribution < 1.29 is 18.7 Å². The summed E-state index contributed by atoms with van der Waals surface area (Å²) in [6.45, 7) is 0.993. The molecule has 28 heavy (non-hydrogen) atoms. The fraction of sp³-hybridized carbons (Fsp3) is 0.300. The highest BCUT2D eigenvalue weighted by Gasteiger charge is 2.28. The zero-order valence-corrected chi connectivity index (χ0v) is 15.3. The van der Waals surface area contributed by atoms with Gasteiger partial charge in [0.25, 0.3) is 11.8 Å². The molecule has 3 heterocycles. The second-order valence-electron chi connectivity index (χ2n) is 6.44. The van der Waals surface area contributed by atoms with Crippen molar-refractivity contribution in [3.8, 4) is 17.7 Å². The second-order valence-corrected chi connectivity index (χ2v) is 6.44. The topological polar surface area (TPSA) is 101 Å². The van der Waals surface area contributed by atoms with Crippen LogP contribution in [-0.2, 0) is 0 Å². The molecule has 0 spiro atoms. The van der Waals surface area contributed by atoms with Crippen LogP contribution in [-0.4, -0.2) is 47.1 Å². The fourth-order valence-corrected chi connectivity index (χ4v) is 3.32. The summed E-state index contributed by atoms with van der Waals surface area (Å²) in [5, 5.41) is 9.94. The van der Waals surface area contributed by atoms with E-state index in [1.54, 1.807) is 24.1 Å². The van der Waals surface area contributed by atoms with Gasteiger partial charge in [-0.15, -0.1) is 0 Å². The number of para-hydroxylation sites is 1. The van der Waals surface area contributed by atoms with Crippen molar-refractivity contribution in [2.24, 2.45) is 0 Å². The maximum atomic E-state index is 12.9. The number of carbonyl (C=O) groups is 1. The van der Waals surface area contributed by atoms with E-state index in [9.17, 15) is 4.79 Å². The van der Waals surface area contributed by atoms with Crippen LogP contribution in [0.3, 0.4) is 0 Å². The summed E-state index contributed by atoms with van der Waals surface area (Å²) >= 11 is 0. The van der Waals surface area contributed by atoms with E-state index in [-0.39, 0.29) is 29.3 Å². The Hall–Kier alpha value is -3.60. The zero-order chi connectivity index (χ0) is 19.5. The zero-order valence-electron chi connectivity index (χ0n) is 15.3. The fourth-order valence-electron chi connectivity index (χ4n) is 3.32. The van der Waals surface area contributed by atoms with Crippen LogP contribution in [0.15, 0.2) is 41.1 Å². The molecule has 0 radical (unpaired) electrons. The van der Waals surface area contributed by atoms with E-state index < -0.39 is 0 Å². The number of ether oxygens (including phenoxy) is 2. The van der Waals surface area contributed by atoms with Gasteiger partial charge < -0.3 is 18.8 Å². The van der Waals surface area contributed by atoms with Crippen LogP contribution in [0.4, 0.5) is 0 Å². The predicted molar refractivity (Wildman–Crippen MR) is 99.1 cm³/mol. The Morgan fingerprint density at radius 2 is 2.21 bits per heavy atom. The second kappa shape index (κ2) is 7.56. The minimum absolute atomic E-state index is 0.135. The van der Waals surface area contributed by atoms with Crippen molar-refractivity contribution in [1.29, 1.82) is 5.26 Å². The van der Waals surface area contributed by atoms with Crippen molar-refractivity contribution in [2.45, 2.75) is 18.9 Å². The highest BCUT2D eigenvalue weighted by Crippen LogP contribution is 2.29. The van der Waals surface area contributed by atoms with Crippen LogP contribution in [0.5, 0.6) is 11.6 Å². The first-order chi connectivity index (χ1) is 13.7. The molecule has 1 aliphatic rings. The summed E-state index contributed by atoms with van der Waals surface area (Å²) in [4.78, 5) is 22.7. The largest absolute Gasteiger partial charge is 0.493 e. The number of piperidine rings is 1. The van der Waals surface area contributed by atoms with E-state index >= 15 is 0 Å². The summed E-state index contributed by atoms with van der Waals surface area (Å²) in [5.74, 6) is 0.837. The van der Waals surface area contributed by atoms with Gasteiger partial charge in [-0.2, -0.15) is 5.26 Å². The maximum Gasteiger partial charge on any atom is 0.289 e. The molecule has 3 aromatic rings. The van der Waals surface area contributed by atoms with Crippen molar-refractivity contribution in [2.75, 3.05) is 20.2 Å². The molecule has 1 fully saturated rings. The lowest BCUT2D eigenvalue weighted by Crippen LogP contribution is -2.44. The molecule has 0 aliphatic carbocycles. The summed E-state index contributed by atoms with van der Waals surface area (Å²) in [5.41, 5.74) is 0.687. The number of likely N-dealkylation sites (tertiary alicyclic amines) is 1. The van der Waals surface area contributed by atoms with Gasteiger partial charge in [0.15, 0.2) is 17.1 Å². The van der Waals surface area contributed by atoms with Crippen molar-refractivity contribution in [3.63, 3.8) is 0 Å². The summed E-state index contributed by atoms with van der Waals surface area (Å²) in [7, 11) is 1.56. The molecule has 1 atom stereocenters. The van der Waals surface area contributed by atoms with Gasteiger partial charge in [0.1, 0.15) is 12.2 Å². The summed E-state index contributed by atoms with van der Waals surface area (Å²) in [6, 6.07) is 9.20. The Morgan fingerprint density at radius 1 is 1.36 bits per heavy atom. The van der Waals surface area contributed by atoms with E-state index in [1.165, 1.54) is 12.4 Å². The summed E-state index contributed by atoms with van der Waals surface area (Å²) in [6.07, 6.45) is 4.20. The number of methoxy groups -OCH3 is 1. The number of hydrogen-bond acceptors (Lipinski definition) is 7. The molecule has 1 aromatic carbocycles. The van der Waals surface area contributed by atoms with Gasteiger partial charge in [0.2, 0.25) is 5.69 Å². The van der Waals surface area contributed by atoms with Crippen LogP contribution in [0.25, 0.3) is 11.0 Å². The molecule has 4 rings (SSSR count). The van der Waals surface area contributed by atoms with Crippen LogP contribution in [0.2, 0.25) is 0 Å². The quantitative estimate of drug-likeness (QED) is 0.688. The number of amides is 1. The first kappa shape index (κ1) is 17.8. The monoisotopic (exact) mass is 378 g/mol. The molecule has 1 saturated heterocycles. The van der Waals surface area contributed by atoms with Crippen LogP contribution >= 0.6 is 0 Å². The molecule has 0 N–H and O–H groups in total. The highest BCUT2D eigenvalue weighted by molar-refractivity contribution is 5.97. The lowest BCUT2D eigenvalue weighted by atomic mass is 10.1. The van der Waals surface area contributed by atoms with Gasteiger partial charge in [-0.3, -0.25) is 4.79 Å². The van der Waals surface area contributed by atoms with Gasteiger partial charge in [-0.1, -0.05) is 12.1 Å². The molecule has 1 unspecified atom stereocenters. The number of furan rings is 1. The van der Waals surface area contributed by atoms with Crippen molar-refractivity contribution in [3.05, 3.63) is 48.1 Å².